The van der Waals surface area contributed by atoms with E-state index in [0.717, 1.165) is 18.5 Å². The fraction of sp³-hybridized carbons (Fsp3) is 0.333. The van der Waals surface area contributed by atoms with E-state index in [9.17, 15) is 4.79 Å². The van der Waals surface area contributed by atoms with Crippen LogP contribution in [0.5, 0.6) is 0 Å². The lowest BCUT2D eigenvalue weighted by atomic mass is 10.3. The third-order valence-electron chi connectivity index (χ3n) is 1.69. The van der Waals surface area contributed by atoms with Gasteiger partial charge in [-0.15, -0.1) is 0 Å². The average molecular weight is 164 g/mol. The van der Waals surface area contributed by atoms with E-state index < -0.39 is 0 Å². The molecule has 0 saturated carbocycles. The lowest BCUT2D eigenvalue weighted by Gasteiger charge is -2.16. The number of aromatic nitrogens is 1. The normalized spacial score (nSPS) is 9.42. The van der Waals surface area contributed by atoms with Gasteiger partial charge in [-0.2, -0.15) is 0 Å². The van der Waals surface area contributed by atoms with Crippen LogP contribution >= 0.6 is 0 Å². The second kappa shape index (κ2) is 4.49. The van der Waals surface area contributed by atoms with Crippen LogP contribution in [0.15, 0.2) is 24.5 Å². The zero-order valence-corrected chi connectivity index (χ0v) is 7.10. The predicted octanol–water partition coefficient (Wildman–Crippen LogP) is 1.11. The summed E-state index contributed by atoms with van der Waals surface area (Å²) in [5.41, 5.74) is 1.09. The van der Waals surface area contributed by atoms with Crippen molar-refractivity contribution in [2.45, 2.75) is 6.42 Å². The minimum atomic E-state index is 0.568. The Morgan fingerprint density at radius 1 is 1.50 bits per heavy atom. The number of aldehydes is 1. The Morgan fingerprint density at radius 2 is 2.17 bits per heavy atom. The third kappa shape index (κ3) is 2.34. The van der Waals surface area contributed by atoms with Gasteiger partial charge < -0.3 is 9.69 Å². The summed E-state index contributed by atoms with van der Waals surface area (Å²) < 4.78 is 0. The van der Waals surface area contributed by atoms with Crippen molar-refractivity contribution < 1.29 is 4.79 Å². The van der Waals surface area contributed by atoms with E-state index in [0.29, 0.717) is 6.42 Å². The first-order valence-corrected chi connectivity index (χ1v) is 3.89. The van der Waals surface area contributed by atoms with E-state index in [1.54, 1.807) is 12.4 Å². The van der Waals surface area contributed by atoms with Crippen LogP contribution in [0.4, 0.5) is 5.69 Å². The minimum Gasteiger partial charge on any atom is -0.374 e. The highest BCUT2D eigenvalue weighted by molar-refractivity contribution is 5.52. The number of carbonyl (C=O) groups excluding carboxylic acids is 1. The van der Waals surface area contributed by atoms with Gasteiger partial charge >= 0.3 is 0 Å². The summed E-state index contributed by atoms with van der Waals surface area (Å²) in [5.74, 6) is 0. The van der Waals surface area contributed by atoms with Crippen molar-refractivity contribution in [1.29, 1.82) is 0 Å². The fourth-order valence-electron chi connectivity index (χ4n) is 0.974. The van der Waals surface area contributed by atoms with Gasteiger partial charge in [0.1, 0.15) is 6.29 Å². The first-order valence-electron chi connectivity index (χ1n) is 3.89. The first-order chi connectivity index (χ1) is 5.84. The van der Waals surface area contributed by atoms with Gasteiger partial charge in [0, 0.05) is 38.1 Å². The molecule has 0 fully saturated rings. The summed E-state index contributed by atoms with van der Waals surface area (Å²) in [6.45, 7) is 0.757. The fourth-order valence-corrected chi connectivity index (χ4v) is 0.974. The molecule has 0 aliphatic carbocycles. The highest BCUT2D eigenvalue weighted by Crippen LogP contribution is 2.08. The molecule has 1 heterocycles. The lowest BCUT2D eigenvalue weighted by Crippen LogP contribution is -2.18. The molecule has 0 spiro atoms. The number of hydrogen-bond donors (Lipinski definition) is 0. The Kier molecular flexibility index (Phi) is 3.26. The summed E-state index contributed by atoms with van der Waals surface area (Å²) in [5, 5.41) is 0. The molecule has 1 rings (SSSR count). The van der Waals surface area contributed by atoms with Crippen LogP contribution in [0.25, 0.3) is 0 Å². The number of rotatable bonds is 4. The molecule has 0 aliphatic heterocycles. The largest absolute Gasteiger partial charge is 0.374 e. The van der Waals surface area contributed by atoms with E-state index in [2.05, 4.69) is 4.98 Å². The van der Waals surface area contributed by atoms with Gasteiger partial charge in [-0.25, -0.2) is 0 Å². The maximum absolute atomic E-state index is 10.1. The molecular formula is C9H12N2O. The number of carbonyl (C=O) groups is 1. The van der Waals surface area contributed by atoms with E-state index in [1.807, 2.05) is 24.1 Å². The molecule has 64 valence electrons. The third-order valence-corrected chi connectivity index (χ3v) is 1.69. The van der Waals surface area contributed by atoms with Crippen molar-refractivity contribution in [2.75, 3.05) is 18.5 Å². The standard InChI is InChI=1S/C9H12N2O/c1-11(7-2-8-12)9-3-5-10-6-4-9/h3-6,8H,2,7H2,1H3. The van der Waals surface area contributed by atoms with Crippen LogP contribution in [0.1, 0.15) is 6.42 Å². The second-order valence-electron chi connectivity index (χ2n) is 2.58. The Labute approximate surface area is 72.0 Å². The maximum atomic E-state index is 10.1. The van der Waals surface area contributed by atoms with Gasteiger partial charge in [0.15, 0.2) is 0 Å². The van der Waals surface area contributed by atoms with Gasteiger partial charge in [-0.05, 0) is 12.1 Å². The summed E-state index contributed by atoms with van der Waals surface area (Å²) in [7, 11) is 1.96. The highest BCUT2D eigenvalue weighted by Gasteiger charge is 1.97. The molecule has 0 aliphatic rings. The molecule has 0 N–H and O–H groups in total. The van der Waals surface area contributed by atoms with Crippen molar-refractivity contribution in [3.05, 3.63) is 24.5 Å². The molecule has 0 radical (unpaired) electrons. The molecule has 0 amide bonds. The quantitative estimate of drug-likeness (QED) is 0.625. The Morgan fingerprint density at radius 3 is 2.75 bits per heavy atom. The minimum absolute atomic E-state index is 0.568. The molecule has 0 atom stereocenters. The van der Waals surface area contributed by atoms with Crippen molar-refractivity contribution in [1.82, 2.24) is 4.98 Å². The van der Waals surface area contributed by atoms with Crippen molar-refractivity contribution in [3.63, 3.8) is 0 Å². The molecule has 1 aromatic heterocycles. The Bertz CT molecular complexity index is 236. The van der Waals surface area contributed by atoms with E-state index in [-0.39, 0.29) is 0 Å². The summed E-state index contributed by atoms with van der Waals surface area (Å²) >= 11 is 0. The molecule has 3 heteroatoms. The van der Waals surface area contributed by atoms with Crippen LogP contribution in [-0.4, -0.2) is 24.9 Å². The molecule has 0 unspecified atom stereocenters. The molecule has 1 aromatic rings. The zero-order chi connectivity index (χ0) is 8.81. The smallest absolute Gasteiger partial charge is 0.121 e. The van der Waals surface area contributed by atoms with Crippen LogP contribution in [-0.2, 0) is 4.79 Å². The van der Waals surface area contributed by atoms with Gasteiger partial charge in [0.25, 0.3) is 0 Å². The molecule has 0 bridgehead atoms. The SMILES string of the molecule is CN(CCC=O)c1ccncc1. The van der Waals surface area contributed by atoms with Crippen molar-refractivity contribution in [3.8, 4) is 0 Å². The van der Waals surface area contributed by atoms with Gasteiger partial charge in [-0.3, -0.25) is 4.98 Å². The van der Waals surface area contributed by atoms with Crippen LogP contribution < -0.4 is 4.90 Å². The van der Waals surface area contributed by atoms with Crippen molar-refractivity contribution >= 4 is 12.0 Å². The molecule has 3 nitrogen and oxygen atoms in total. The van der Waals surface area contributed by atoms with E-state index >= 15 is 0 Å². The van der Waals surface area contributed by atoms with E-state index in [1.165, 1.54) is 0 Å². The second-order valence-corrected chi connectivity index (χ2v) is 2.58. The number of anilines is 1. The van der Waals surface area contributed by atoms with Crippen LogP contribution in [0.3, 0.4) is 0 Å². The highest BCUT2D eigenvalue weighted by atomic mass is 16.1. The zero-order valence-electron chi connectivity index (χ0n) is 7.10. The van der Waals surface area contributed by atoms with Crippen LogP contribution in [0.2, 0.25) is 0 Å². The number of pyridine rings is 1. The summed E-state index contributed by atoms with van der Waals surface area (Å²) in [6, 6.07) is 3.84. The Hall–Kier alpha value is -1.38. The Balaban J connectivity index is 2.53. The van der Waals surface area contributed by atoms with E-state index in [4.69, 9.17) is 0 Å². The maximum Gasteiger partial charge on any atom is 0.121 e. The number of hydrogen-bond acceptors (Lipinski definition) is 3. The summed E-state index contributed by atoms with van der Waals surface area (Å²) in [6.07, 6.45) is 4.98. The molecular weight excluding hydrogens is 152 g/mol. The van der Waals surface area contributed by atoms with Gasteiger partial charge in [0.05, 0.1) is 0 Å². The topological polar surface area (TPSA) is 33.2 Å². The number of nitrogens with zero attached hydrogens (tertiary/aromatic N) is 2. The average Bonchev–Trinajstić information content (AvgIpc) is 2.15. The monoisotopic (exact) mass is 164 g/mol. The van der Waals surface area contributed by atoms with Crippen LogP contribution in [0, 0.1) is 0 Å². The van der Waals surface area contributed by atoms with Gasteiger partial charge in [-0.1, -0.05) is 0 Å². The van der Waals surface area contributed by atoms with Gasteiger partial charge in [0.2, 0.25) is 0 Å². The molecule has 0 saturated heterocycles. The summed E-state index contributed by atoms with van der Waals surface area (Å²) in [4.78, 5) is 16.0. The van der Waals surface area contributed by atoms with Crippen molar-refractivity contribution in [2.24, 2.45) is 0 Å². The molecule has 12 heavy (non-hydrogen) atoms. The molecule has 0 aromatic carbocycles. The first kappa shape index (κ1) is 8.71. The lowest BCUT2D eigenvalue weighted by molar-refractivity contribution is -0.107. The predicted molar refractivity (Wildman–Crippen MR) is 48.2 cm³/mol.